The Kier molecular flexibility index (Phi) is 7.22. The summed E-state index contributed by atoms with van der Waals surface area (Å²) in [5, 5.41) is 2.75. The summed E-state index contributed by atoms with van der Waals surface area (Å²) >= 11 is 11.6. The fourth-order valence-corrected chi connectivity index (χ4v) is 3.67. The van der Waals surface area contributed by atoms with Gasteiger partial charge in [0.15, 0.2) is 16.6 Å². The van der Waals surface area contributed by atoms with Crippen LogP contribution in [-0.4, -0.2) is 44.9 Å². The minimum absolute atomic E-state index is 0.0667. The molecule has 0 aliphatic carbocycles. The number of hydrogen-bond donors (Lipinski definition) is 1. The van der Waals surface area contributed by atoms with Gasteiger partial charge in [-0.3, -0.25) is 14.9 Å². The van der Waals surface area contributed by atoms with Gasteiger partial charge in [-0.1, -0.05) is 11.6 Å². The summed E-state index contributed by atoms with van der Waals surface area (Å²) in [6.07, 6.45) is 1.41. The largest absolute Gasteiger partial charge is 0.497 e. The van der Waals surface area contributed by atoms with Crippen molar-refractivity contribution in [3.63, 3.8) is 0 Å². The van der Waals surface area contributed by atoms with Crippen LogP contribution in [0.15, 0.2) is 35.9 Å². The molecule has 8 nitrogen and oxygen atoms in total. The number of rotatable bonds is 7. The Bertz CT molecular complexity index is 1120. The quantitative estimate of drug-likeness (QED) is 0.371. The third-order valence-corrected chi connectivity index (χ3v) is 5.15. The number of ether oxygens (including phenoxy) is 4. The smallest absolute Gasteiger partial charge is 0.270 e. The number of halogens is 1. The van der Waals surface area contributed by atoms with Crippen molar-refractivity contribution >= 4 is 52.5 Å². The van der Waals surface area contributed by atoms with Gasteiger partial charge in [0.25, 0.3) is 11.8 Å². The maximum atomic E-state index is 13.3. The summed E-state index contributed by atoms with van der Waals surface area (Å²) in [6, 6.07) is 8.09. The molecule has 10 heteroatoms. The standard InChI is InChI=1S/C22H21ClN2O6S/c1-5-31-19-15(23)9-12(10-18(19)30-4)8-14-20(26)24-22(32)25(21(14)27)16-7-6-13(28-2)11-17(16)29-3/h6-11H,5H2,1-4H3,(H,24,26,32)/b14-8+. The summed E-state index contributed by atoms with van der Waals surface area (Å²) < 4.78 is 21.4. The molecular weight excluding hydrogens is 456 g/mol. The highest BCUT2D eigenvalue weighted by atomic mass is 35.5. The molecular formula is C22H21ClN2O6S. The van der Waals surface area contributed by atoms with Crippen molar-refractivity contribution in [1.29, 1.82) is 0 Å². The van der Waals surface area contributed by atoms with Crippen molar-refractivity contribution in [3.05, 3.63) is 46.5 Å². The minimum atomic E-state index is -0.632. The van der Waals surface area contributed by atoms with Crippen LogP contribution < -0.4 is 29.2 Å². The maximum absolute atomic E-state index is 13.3. The molecule has 1 aliphatic rings. The van der Waals surface area contributed by atoms with Crippen LogP contribution in [0.25, 0.3) is 6.08 Å². The lowest BCUT2D eigenvalue weighted by atomic mass is 10.1. The summed E-state index contributed by atoms with van der Waals surface area (Å²) in [5.41, 5.74) is 0.693. The van der Waals surface area contributed by atoms with E-state index in [0.29, 0.717) is 40.9 Å². The molecule has 2 amide bonds. The van der Waals surface area contributed by atoms with E-state index in [-0.39, 0.29) is 15.7 Å². The lowest BCUT2D eigenvalue weighted by Gasteiger charge is -2.30. The monoisotopic (exact) mass is 476 g/mol. The van der Waals surface area contributed by atoms with Crippen LogP contribution in [-0.2, 0) is 9.59 Å². The first kappa shape index (κ1) is 23.4. The van der Waals surface area contributed by atoms with E-state index >= 15 is 0 Å². The van der Waals surface area contributed by atoms with Crippen molar-refractivity contribution in [2.45, 2.75) is 6.92 Å². The molecule has 1 heterocycles. The van der Waals surface area contributed by atoms with E-state index in [0.717, 1.165) is 0 Å². The highest BCUT2D eigenvalue weighted by molar-refractivity contribution is 7.80. The van der Waals surface area contributed by atoms with Gasteiger partial charge in [0.05, 0.1) is 38.6 Å². The molecule has 1 aliphatic heterocycles. The van der Waals surface area contributed by atoms with E-state index in [2.05, 4.69) is 5.32 Å². The number of nitrogens with zero attached hydrogens (tertiary/aromatic N) is 1. The average Bonchev–Trinajstić information content (AvgIpc) is 2.78. The Hall–Kier alpha value is -3.30. The van der Waals surface area contributed by atoms with Gasteiger partial charge in [-0.15, -0.1) is 0 Å². The highest BCUT2D eigenvalue weighted by Crippen LogP contribution is 2.38. The second kappa shape index (κ2) is 9.88. The molecule has 0 bridgehead atoms. The second-order valence-electron chi connectivity index (χ2n) is 6.46. The van der Waals surface area contributed by atoms with Crippen LogP contribution in [0.3, 0.4) is 0 Å². The van der Waals surface area contributed by atoms with Crippen molar-refractivity contribution in [2.75, 3.05) is 32.8 Å². The summed E-state index contributed by atoms with van der Waals surface area (Å²) in [6.45, 7) is 2.22. The zero-order valence-corrected chi connectivity index (χ0v) is 19.4. The zero-order valence-electron chi connectivity index (χ0n) is 17.9. The Morgan fingerprint density at radius 3 is 2.41 bits per heavy atom. The number of hydrogen-bond acceptors (Lipinski definition) is 7. The number of amides is 2. The fourth-order valence-electron chi connectivity index (χ4n) is 3.12. The molecule has 3 rings (SSSR count). The Morgan fingerprint density at radius 1 is 1.06 bits per heavy atom. The molecule has 0 spiro atoms. The molecule has 32 heavy (non-hydrogen) atoms. The normalized spacial score (nSPS) is 15.0. The Balaban J connectivity index is 2.06. The van der Waals surface area contributed by atoms with E-state index < -0.39 is 11.8 Å². The van der Waals surface area contributed by atoms with Crippen LogP contribution in [0.2, 0.25) is 5.02 Å². The first-order valence-electron chi connectivity index (χ1n) is 9.48. The molecule has 0 unspecified atom stereocenters. The molecule has 1 saturated heterocycles. The van der Waals surface area contributed by atoms with Gasteiger partial charge >= 0.3 is 0 Å². The Morgan fingerprint density at radius 2 is 1.78 bits per heavy atom. The van der Waals surface area contributed by atoms with Crippen LogP contribution in [0.5, 0.6) is 23.0 Å². The van der Waals surface area contributed by atoms with E-state index in [1.807, 2.05) is 6.92 Å². The molecule has 1 fully saturated rings. The number of carbonyl (C=O) groups excluding carboxylic acids is 2. The molecule has 0 atom stereocenters. The Labute approximate surface area is 195 Å². The fraction of sp³-hybridized carbons (Fsp3) is 0.227. The van der Waals surface area contributed by atoms with Crippen molar-refractivity contribution in [3.8, 4) is 23.0 Å². The molecule has 0 aromatic heterocycles. The van der Waals surface area contributed by atoms with Crippen molar-refractivity contribution < 1.29 is 28.5 Å². The maximum Gasteiger partial charge on any atom is 0.270 e. The summed E-state index contributed by atoms with van der Waals surface area (Å²) in [5.74, 6) is 0.389. The lowest BCUT2D eigenvalue weighted by molar-refractivity contribution is -0.122. The second-order valence-corrected chi connectivity index (χ2v) is 7.26. The van der Waals surface area contributed by atoms with Crippen molar-refractivity contribution in [1.82, 2.24) is 5.32 Å². The zero-order chi connectivity index (χ0) is 23.4. The molecule has 2 aromatic carbocycles. The van der Waals surface area contributed by atoms with E-state index in [4.69, 9.17) is 42.8 Å². The van der Waals surface area contributed by atoms with Gasteiger partial charge in [0, 0.05) is 6.07 Å². The van der Waals surface area contributed by atoms with Gasteiger partial charge in [-0.2, -0.15) is 0 Å². The molecule has 168 valence electrons. The number of anilines is 1. The number of methoxy groups -OCH3 is 3. The van der Waals surface area contributed by atoms with Crippen LogP contribution in [0.1, 0.15) is 12.5 Å². The van der Waals surface area contributed by atoms with Gasteiger partial charge in [0.2, 0.25) is 0 Å². The minimum Gasteiger partial charge on any atom is -0.497 e. The third kappa shape index (κ3) is 4.49. The van der Waals surface area contributed by atoms with Gasteiger partial charge in [-0.25, -0.2) is 4.90 Å². The first-order valence-corrected chi connectivity index (χ1v) is 10.3. The van der Waals surface area contributed by atoms with Crippen LogP contribution in [0.4, 0.5) is 5.69 Å². The number of benzene rings is 2. The average molecular weight is 477 g/mol. The van der Waals surface area contributed by atoms with Crippen LogP contribution in [0, 0.1) is 0 Å². The van der Waals surface area contributed by atoms with Gasteiger partial charge in [-0.05, 0) is 55.0 Å². The predicted molar refractivity (Wildman–Crippen MR) is 125 cm³/mol. The van der Waals surface area contributed by atoms with E-state index in [9.17, 15) is 9.59 Å². The molecule has 0 radical (unpaired) electrons. The highest BCUT2D eigenvalue weighted by Gasteiger charge is 2.36. The lowest BCUT2D eigenvalue weighted by Crippen LogP contribution is -2.54. The van der Waals surface area contributed by atoms with Crippen LogP contribution >= 0.6 is 23.8 Å². The SMILES string of the molecule is CCOc1c(Cl)cc(/C=C2\C(=O)NC(=S)N(c3ccc(OC)cc3OC)C2=O)cc1OC. The summed E-state index contributed by atoms with van der Waals surface area (Å²) in [4.78, 5) is 27.1. The topological polar surface area (TPSA) is 86.3 Å². The third-order valence-electron chi connectivity index (χ3n) is 4.58. The van der Waals surface area contributed by atoms with Crippen molar-refractivity contribution in [2.24, 2.45) is 0 Å². The number of carbonyl (C=O) groups is 2. The molecule has 1 N–H and O–H groups in total. The van der Waals surface area contributed by atoms with Gasteiger partial charge in [0.1, 0.15) is 17.1 Å². The molecule has 0 saturated carbocycles. The predicted octanol–water partition coefficient (Wildman–Crippen LogP) is 3.60. The summed E-state index contributed by atoms with van der Waals surface area (Å²) in [7, 11) is 4.45. The first-order chi connectivity index (χ1) is 15.3. The van der Waals surface area contributed by atoms with E-state index in [1.165, 1.54) is 32.3 Å². The number of thiocarbonyl (C=S) groups is 1. The van der Waals surface area contributed by atoms with Gasteiger partial charge < -0.3 is 18.9 Å². The van der Waals surface area contributed by atoms with E-state index in [1.54, 1.807) is 30.3 Å². The molecule has 2 aromatic rings. The number of nitrogens with one attached hydrogen (secondary N) is 1.